The van der Waals surface area contributed by atoms with Gasteiger partial charge in [0.15, 0.2) is 0 Å². The molecule has 2 heterocycles. The molecule has 2 fully saturated rings. The summed E-state index contributed by atoms with van der Waals surface area (Å²) in [5, 5.41) is 2.94. The van der Waals surface area contributed by atoms with Crippen molar-refractivity contribution in [1.29, 1.82) is 0 Å². The fourth-order valence-corrected chi connectivity index (χ4v) is 4.64. The third-order valence-corrected chi connectivity index (χ3v) is 6.39. The van der Waals surface area contributed by atoms with Gasteiger partial charge in [-0.1, -0.05) is 30.9 Å². The van der Waals surface area contributed by atoms with Crippen molar-refractivity contribution in [2.24, 2.45) is 0 Å². The third-order valence-electron chi connectivity index (χ3n) is 6.04. The number of nitrogens with one attached hydrogen (secondary N) is 1. The Labute approximate surface area is 175 Å². The SMILES string of the molecule is O=C(c1ccc(NC2=C(Cl)C(=O)N(C3CCCCC3)C2=O)cc1)N1CCCCC1. The van der Waals surface area contributed by atoms with Crippen molar-refractivity contribution >= 4 is 35.0 Å². The minimum atomic E-state index is -0.414. The minimum Gasteiger partial charge on any atom is -0.350 e. The van der Waals surface area contributed by atoms with Crippen molar-refractivity contribution in [3.8, 4) is 0 Å². The molecule has 1 aliphatic carbocycles. The summed E-state index contributed by atoms with van der Waals surface area (Å²) in [6, 6.07) is 6.91. The summed E-state index contributed by atoms with van der Waals surface area (Å²) < 4.78 is 0. The number of anilines is 1. The van der Waals surface area contributed by atoms with E-state index in [9.17, 15) is 14.4 Å². The highest BCUT2D eigenvalue weighted by atomic mass is 35.5. The van der Waals surface area contributed by atoms with Crippen LogP contribution >= 0.6 is 11.6 Å². The molecule has 3 aliphatic rings. The molecule has 1 aromatic rings. The van der Waals surface area contributed by atoms with Crippen LogP contribution in [0.25, 0.3) is 0 Å². The predicted molar refractivity (Wildman–Crippen MR) is 111 cm³/mol. The molecule has 0 aromatic heterocycles. The highest BCUT2D eigenvalue weighted by Crippen LogP contribution is 2.32. The average Bonchev–Trinajstić information content (AvgIpc) is 2.98. The summed E-state index contributed by atoms with van der Waals surface area (Å²) in [5.74, 6) is -0.743. The number of halogens is 1. The number of hydrogen-bond acceptors (Lipinski definition) is 4. The average molecular weight is 416 g/mol. The minimum absolute atomic E-state index is 0.0316. The second kappa shape index (κ2) is 8.57. The van der Waals surface area contributed by atoms with Crippen molar-refractivity contribution in [3.63, 3.8) is 0 Å². The van der Waals surface area contributed by atoms with Crippen LogP contribution in [0, 0.1) is 0 Å². The van der Waals surface area contributed by atoms with Gasteiger partial charge >= 0.3 is 0 Å². The first-order valence-corrected chi connectivity index (χ1v) is 10.9. The molecule has 1 N–H and O–H groups in total. The van der Waals surface area contributed by atoms with Gasteiger partial charge in [-0.15, -0.1) is 0 Å². The van der Waals surface area contributed by atoms with Gasteiger partial charge in [-0.05, 0) is 56.4 Å². The van der Waals surface area contributed by atoms with Gasteiger partial charge < -0.3 is 10.2 Å². The number of nitrogens with zero attached hydrogens (tertiary/aromatic N) is 2. The fraction of sp³-hybridized carbons (Fsp3) is 0.500. The maximum absolute atomic E-state index is 12.9. The van der Waals surface area contributed by atoms with Crippen LogP contribution in [0.4, 0.5) is 5.69 Å². The monoisotopic (exact) mass is 415 g/mol. The van der Waals surface area contributed by atoms with Gasteiger partial charge in [0.05, 0.1) is 0 Å². The molecule has 1 saturated carbocycles. The van der Waals surface area contributed by atoms with E-state index in [4.69, 9.17) is 11.6 Å². The van der Waals surface area contributed by atoms with Crippen molar-refractivity contribution in [2.75, 3.05) is 18.4 Å². The van der Waals surface area contributed by atoms with E-state index in [1.807, 2.05) is 4.90 Å². The summed E-state index contributed by atoms with van der Waals surface area (Å²) in [6.45, 7) is 1.60. The summed E-state index contributed by atoms with van der Waals surface area (Å²) in [6.07, 6.45) is 8.12. The quantitative estimate of drug-likeness (QED) is 0.757. The molecule has 3 amide bonds. The maximum atomic E-state index is 12.9. The molecule has 7 heteroatoms. The number of hydrogen-bond donors (Lipinski definition) is 1. The van der Waals surface area contributed by atoms with E-state index in [2.05, 4.69) is 5.32 Å². The summed E-state index contributed by atoms with van der Waals surface area (Å²) in [7, 11) is 0. The highest BCUT2D eigenvalue weighted by molar-refractivity contribution is 6.48. The van der Waals surface area contributed by atoms with Gasteiger partial charge in [0.2, 0.25) is 0 Å². The van der Waals surface area contributed by atoms with Crippen LogP contribution < -0.4 is 5.32 Å². The zero-order valence-electron chi connectivity index (χ0n) is 16.5. The number of rotatable bonds is 4. The van der Waals surface area contributed by atoms with E-state index in [1.165, 1.54) is 11.3 Å². The number of imide groups is 1. The first-order valence-electron chi connectivity index (χ1n) is 10.5. The normalized spacial score (nSPS) is 21.1. The molecule has 154 valence electrons. The molecule has 1 saturated heterocycles. The smallest absolute Gasteiger partial charge is 0.279 e. The number of benzene rings is 1. The third kappa shape index (κ3) is 4.04. The van der Waals surface area contributed by atoms with Crippen molar-refractivity contribution in [2.45, 2.75) is 57.4 Å². The first kappa shape index (κ1) is 20.0. The van der Waals surface area contributed by atoms with Crippen LogP contribution in [-0.4, -0.2) is 46.7 Å². The van der Waals surface area contributed by atoms with Crippen LogP contribution in [0.1, 0.15) is 61.7 Å². The molecule has 1 aromatic carbocycles. The lowest BCUT2D eigenvalue weighted by atomic mass is 9.94. The number of carbonyl (C=O) groups is 3. The van der Waals surface area contributed by atoms with E-state index in [0.29, 0.717) is 11.3 Å². The largest absolute Gasteiger partial charge is 0.350 e. The van der Waals surface area contributed by atoms with Gasteiger partial charge in [-0.2, -0.15) is 0 Å². The van der Waals surface area contributed by atoms with Gasteiger partial charge in [-0.3, -0.25) is 19.3 Å². The zero-order chi connectivity index (χ0) is 20.4. The lowest BCUT2D eigenvalue weighted by molar-refractivity contribution is -0.140. The maximum Gasteiger partial charge on any atom is 0.279 e. The Morgan fingerprint density at radius 1 is 0.897 bits per heavy atom. The number of piperidine rings is 1. The van der Waals surface area contributed by atoms with E-state index in [-0.39, 0.29) is 28.6 Å². The molecular weight excluding hydrogens is 390 g/mol. The summed E-state index contributed by atoms with van der Waals surface area (Å²) in [4.78, 5) is 41.2. The Hall–Kier alpha value is -2.34. The lowest BCUT2D eigenvalue weighted by Gasteiger charge is -2.29. The van der Waals surface area contributed by atoms with Crippen LogP contribution in [0.3, 0.4) is 0 Å². The van der Waals surface area contributed by atoms with Crippen LogP contribution in [0.15, 0.2) is 35.0 Å². The number of amides is 3. The number of carbonyl (C=O) groups excluding carboxylic acids is 3. The van der Waals surface area contributed by atoms with Crippen molar-refractivity contribution in [3.05, 3.63) is 40.6 Å². The van der Waals surface area contributed by atoms with Crippen LogP contribution in [0.5, 0.6) is 0 Å². The van der Waals surface area contributed by atoms with E-state index >= 15 is 0 Å². The molecule has 0 radical (unpaired) electrons. The molecule has 29 heavy (non-hydrogen) atoms. The van der Waals surface area contributed by atoms with Gasteiger partial charge in [-0.25, -0.2) is 0 Å². The molecule has 4 rings (SSSR count). The Bertz CT molecular complexity index is 837. The van der Waals surface area contributed by atoms with Gasteiger partial charge in [0.1, 0.15) is 10.7 Å². The topological polar surface area (TPSA) is 69.7 Å². The second-order valence-electron chi connectivity index (χ2n) is 8.02. The first-order chi connectivity index (χ1) is 14.1. The molecule has 6 nitrogen and oxygen atoms in total. The molecule has 2 aliphatic heterocycles. The summed E-state index contributed by atoms with van der Waals surface area (Å²) in [5.41, 5.74) is 1.37. The van der Waals surface area contributed by atoms with E-state index < -0.39 is 5.91 Å². The van der Waals surface area contributed by atoms with Gasteiger partial charge in [0.25, 0.3) is 17.7 Å². The van der Waals surface area contributed by atoms with Gasteiger partial charge in [0, 0.05) is 30.4 Å². The highest BCUT2D eigenvalue weighted by Gasteiger charge is 2.42. The van der Waals surface area contributed by atoms with Crippen molar-refractivity contribution in [1.82, 2.24) is 9.80 Å². The van der Waals surface area contributed by atoms with Crippen molar-refractivity contribution < 1.29 is 14.4 Å². The molecular formula is C22H26ClN3O3. The number of likely N-dealkylation sites (tertiary alicyclic amines) is 1. The molecule has 0 unspecified atom stereocenters. The van der Waals surface area contributed by atoms with E-state index in [1.54, 1.807) is 24.3 Å². The molecule has 0 atom stereocenters. The molecule has 0 bridgehead atoms. The predicted octanol–water partition coefficient (Wildman–Crippen LogP) is 3.88. The Morgan fingerprint density at radius 2 is 1.52 bits per heavy atom. The van der Waals surface area contributed by atoms with E-state index in [0.717, 1.165) is 58.0 Å². The summed E-state index contributed by atoms with van der Waals surface area (Å²) >= 11 is 6.21. The standard InChI is InChI=1S/C22H26ClN3O3/c23-18-19(22(29)26(21(18)28)17-7-3-1-4-8-17)24-16-11-9-15(10-12-16)20(27)25-13-5-2-6-14-25/h9-12,17,24H,1-8,13-14H2. The zero-order valence-corrected chi connectivity index (χ0v) is 17.2. The fourth-order valence-electron chi connectivity index (χ4n) is 4.42. The van der Waals surface area contributed by atoms with Crippen LogP contribution in [0.2, 0.25) is 0 Å². The Kier molecular flexibility index (Phi) is 5.90. The Morgan fingerprint density at radius 3 is 2.17 bits per heavy atom. The lowest BCUT2D eigenvalue weighted by Crippen LogP contribution is -2.42. The molecule has 0 spiro atoms. The Balaban J connectivity index is 1.45. The second-order valence-corrected chi connectivity index (χ2v) is 8.39. The van der Waals surface area contributed by atoms with Crippen LogP contribution in [-0.2, 0) is 9.59 Å².